The van der Waals surface area contributed by atoms with E-state index in [1.165, 1.54) is 0 Å². The number of carbonyl (C=O) groups is 1. The smallest absolute Gasteiger partial charge is 0.412 e. The Morgan fingerprint density at radius 2 is 2.36 bits per heavy atom. The SMILES string of the molecule is CCN1C(=O)OC(F)C1CF. The van der Waals surface area contributed by atoms with Gasteiger partial charge in [0.15, 0.2) is 0 Å². The maximum atomic E-state index is 12.6. The lowest BCUT2D eigenvalue weighted by Gasteiger charge is -2.15. The molecule has 1 heterocycles. The molecule has 0 N–H and O–H groups in total. The molecule has 0 saturated carbocycles. The quantitative estimate of drug-likeness (QED) is 0.613. The van der Waals surface area contributed by atoms with E-state index in [0.717, 1.165) is 4.90 Å². The highest BCUT2D eigenvalue weighted by Gasteiger charge is 2.40. The molecule has 0 spiro atoms. The molecule has 0 bridgehead atoms. The van der Waals surface area contributed by atoms with Gasteiger partial charge in [-0.3, -0.25) is 4.90 Å². The van der Waals surface area contributed by atoms with Gasteiger partial charge in [0.2, 0.25) is 0 Å². The number of likely N-dealkylation sites (N-methyl/N-ethyl adjacent to an activating group) is 1. The Balaban J connectivity index is 2.66. The minimum Gasteiger partial charge on any atom is -0.412 e. The number of cyclic esters (lactones) is 1. The molecular weight excluding hydrogens is 156 g/mol. The normalized spacial score (nSPS) is 30.8. The molecule has 0 aromatic rings. The average molecular weight is 165 g/mol. The summed E-state index contributed by atoms with van der Waals surface area (Å²) < 4.78 is 28.7. The number of nitrogens with zero attached hydrogens (tertiary/aromatic N) is 1. The van der Waals surface area contributed by atoms with Gasteiger partial charge in [-0.1, -0.05) is 0 Å². The van der Waals surface area contributed by atoms with Crippen LogP contribution in [-0.2, 0) is 4.74 Å². The largest absolute Gasteiger partial charge is 0.412 e. The van der Waals surface area contributed by atoms with Crippen LogP contribution in [0.2, 0.25) is 0 Å². The molecule has 1 aliphatic rings. The first kappa shape index (κ1) is 8.23. The second-order valence-corrected chi connectivity index (χ2v) is 2.24. The highest BCUT2D eigenvalue weighted by atomic mass is 19.2. The molecule has 64 valence electrons. The minimum atomic E-state index is -1.81. The summed E-state index contributed by atoms with van der Waals surface area (Å²) in [5.74, 6) is 0. The molecule has 11 heavy (non-hydrogen) atoms. The standard InChI is InChI=1S/C6H9F2NO2/c1-2-9-4(3-7)5(8)11-6(9)10/h4-5H,2-3H2,1H3. The van der Waals surface area contributed by atoms with E-state index in [1.54, 1.807) is 6.92 Å². The van der Waals surface area contributed by atoms with Crippen molar-refractivity contribution in [1.29, 1.82) is 0 Å². The zero-order valence-corrected chi connectivity index (χ0v) is 6.09. The number of carbonyl (C=O) groups excluding carboxylic acids is 1. The van der Waals surface area contributed by atoms with Gasteiger partial charge < -0.3 is 4.74 Å². The molecule has 2 unspecified atom stereocenters. The summed E-state index contributed by atoms with van der Waals surface area (Å²) in [6.45, 7) is 1.01. The predicted octanol–water partition coefficient (Wildman–Crippen LogP) is 1.09. The number of rotatable bonds is 2. The Bertz CT molecular complexity index is 165. The zero-order chi connectivity index (χ0) is 8.43. The van der Waals surface area contributed by atoms with Gasteiger partial charge >= 0.3 is 6.09 Å². The van der Waals surface area contributed by atoms with Crippen LogP contribution in [0.15, 0.2) is 0 Å². The summed E-state index contributed by atoms with van der Waals surface area (Å²) in [4.78, 5) is 11.7. The van der Waals surface area contributed by atoms with E-state index in [0.29, 0.717) is 0 Å². The van der Waals surface area contributed by atoms with Crippen molar-refractivity contribution in [3.63, 3.8) is 0 Å². The van der Waals surface area contributed by atoms with Crippen LogP contribution in [-0.4, -0.2) is 36.6 Å². The molecule has 0 aliphatic carbocycles. The zero-order valence-electron chi connectivity index (χ0n) is 6.09. The number of ether oxygens (including phenoxy) is 1. The van der Waals surface area contributed by atoms with Crippen LogP contribution in [0.25, 0.3) is 0 Å². The van der Waals surface area contributed by atoms with Gasteiger partial charge in [0.25, 0.3) is 6.36 Å². The molecule has 2 atom stereocenters. The summed E-state index contributed by atoms with van der Waals surface area (Å²) in [5, 5.41) is 0. The lowest BCUT2D eigenvalue weighted by Crippen LogP contribution is -2.36. The second-order valence-electron chi connectivity index (χ2n) is 2.24. The molecule has 1 amide bonds. The Morgan fingerprint density at radius 1 is 1.73 bits per heavy atom. The molecule has 0 aromatic carbocycles. The molecule has 5 heteroatoms. The molecule has 0 aromatic heterocycles. The molecule has 1 saturated heterocycles. The third kappa shape index (κ3) is 1.27. The van der Waals surface area contributed by atoms with Gasteiger partial charge in [-0.15, -0.1) is 0 Å². The highest BCUT2D eigenvalue weighted by Crippen LogP contribution is 2.20. The summed E-state index contributed by atoms with van der Waals surface area (Å²) in [5.41, 5.74) is 0. The van der Waals surface area contributed by atoms with Crippen molar-refractivity contribution in [3.05, 3.63) is 0 Å². The minimum absolute atomic E-state index is 0.272. The number of amides is 1. The number of halogens is 2. The summed E-state index contributed by atoms with van der Waals surface area (Å²) in [7, 11) is 0. The monoisotopic (exact) mass is 165 g/mol. The van der Waals surface area contributed by atoms with Crippen LogP contribution in [0, 0.1) is 0 Å². The first-order valence-corrected chi connectivity index (χ1v) is 3.38. The molecular formula is C6H9F2NO2. The predicted molar refractivity (Wildman–Crippen MR) is 33.5 cm³/mol. The van der Waals surface area contributed by atoms with Crippen molar-refractivity contribution in [2.24, 2.45) is 0 Å². The summed E-state index contributed by atoms with van der Waals surface area (Å²) in [6, 6.07) is -1.05. The van der Waals surface area contributed by atoms with Gasteiger partial charge in [-0.2, -0.15) is 4.39 Å². The van der Waals surface area contributed by atoms with E-state index in [-0.39, 0.29) is 6.54 Å². The van der Waals surface area contributed by atoms with Crippen LogP contribution in [0.4, 0.5) is 13.6 Å². The van der Waals surface area contributed by atoms with Gasteiger partial charge in [0, 0.05) is 6.54 Å². The number of hydrogen-bond acceptors (Lipinski definition) is 2. The molecule has 3 nitrogen and oxygen atoms in total. The Kier molecular flexibility index (Phi) is 2.26. The first-order valence-electron chi connectivity index (χ1n) is 3.38. The van der Waals surface area contributed by atoms with E-state index in [1.807, 2.05) is 0 Å². The third-order valence-corrected chi connectivity index (χ3v) is 1.65. The summed E-state index contributed by atoms with van der Waals surface area (Å²) in [6.07, 6.45) is -2.59. The lowest BCUT2D eigenvalue weighted by molar-refractivity contribution is 0.0307. The first-order chi connectivity index (χ1) is 5.20. The van der Waals surface area contributed by atoms with Crippen molar-refractivity contribution < 1.29 is 18.3 Å². The fourth-order valence-electron chi connectivity index (χ4n) is 1.04. The fourth-order valence-corrected chi connectivity index (χ4v) is 1.04. The van der Waals surface area contributed by atoms with E-state index in [9.17, 15) is 13.6 Å². The second kappa shape index (κ2) is 3.02. The van der Waals surface area contributed by atoms with Gasteiger partial charge in [-0.25, -0.2) is 9.18 Å². The van der Waals surface area contributed by atoms with Gasteiger partial charge in [0.1, 0.15) is 12.7 Å². The third-order valence-electron chi connectivity index (χ3n) is 1.65. The molecule has 1 fully saturated rings. The lowest BCUT2D eigenvalue weighted by atomic mass is 10.3. The highest BCUT2D eigenvalue weighted by molar-refractivity contribution is 5.70. The van der Waals surface area contributed by atoms with E-state index >= 15 is 0 Å². The van der Waals surface area contributed by atoms with Crippen molar-refractivity contribution in [2.75, 3.05) is 13.2 Å². The van der Waals surface area contributed by atoms with Crippen LogP contribution in [0.5, 0.6) is 0 Å². The Hall–Kier alpha value is -0.870. The summed E-state index contributed by atoms with van der Waals surface area (Å²) >= 11 is 0. The van der Waals surface area contributed by atoms with Crippen molar-refractivity contribution in [1.82, 2.24) is 4.90 Å². The van der Waals surface area contributed by atoms with Crippen molar-refractivity contribution >= 4 is 6.09 Å². The van der Waals surface area contributed by atoms with Gasteiger partial charge in [0.05, 0.1) is 0 Å². The van der Waals surface area contributed by atoms with Crippen molar-refractivity contribution in [3.8, 4) is 0 Å². The van der Waals surface area contributed by atoms with Crippen LogP contribution >= 0.6 is 0 Å². The molecule has 1 aliphatic heterocycles. The maximum absolute atomic E-state index is 12.6. The van der Waals surface area contributed by atoms with Gasteiger partial charge in [-0.05, 0) is 6.92 Å². The van der Waals surface area contributed by atoms with Crippen LogP contribution in [0.3, 0.4) is 0 Å². The number of hydrogen-bond donors (Lipinski definition) is 0. The van der Waals surface area contributed by atoms with E-state index in [2.05, 4.69) is 4.74 Å². The van der Waals surface area contributed by atoms with Crippen LogP contribution < -0.4 is 0 Å². The maximum Gasteiger partial charge on any atom is 0.412 e. The fraction of sp³-hybridized carbons (Fsp3) is 0.833. The Labute approximate surface area is 62.9 Å². The van der Waals surface area contributed by atoms with E-state index in [4.69, 9.17) is 0 Å². The van der Waals surface area contributed by atoms with E-state index < -0.39 is 25.2 Å². The van der Waals surface area contributed by atoms with Crippen LogP contribution in [0.1, 0.15) is 6.92 Å². The Morgan fingerprint density at radius 3 is 2.73 bits per heavy atom. The molecule has 0 radical (unpaired) electrons. The number of alkyl halides is 2. The topological polar surface area (TPSA) is 29.5 Å². The van der Waals surface area contributed by atoms with Crippen molar-refractivity contribution in [2.45, 2.75) is 19.3 Å². The molecule has 1 rings (SSSR count). The average Bonchev–Trinajstić information content (AvgIpc) is 2.24.